The predicted octanol–water partition coefficient (Wildman–Crippen LogP) is 9.32. The first-order valence-corrected chi connectivity index (χ1v) is 11.1. The van der Waals surface area contributed by atoms with Crippen LogP contribution in [0.2, 0.25) is 0 Å². The average molecular weight is 347 g/mol. The van der Waals surface area contributed by atoms with E-state index >= 15 is 0 Å². The second kappa shape index (κ2) is 33.6. The largest absolute Gasteiger partial charge is 0.127 e. The fourth-order valence-electron chi connectivity index (χ4n) is 2.20. The standard InChI is InChI=1S/C11H23Cl.C9H18.C2H6/c1-2-3-4-5-6-7-8-9-10-11-12;1-3-5-7-9-8-6-4-2;1-2/h2-11H2,1H3;5,7H,3-4,6,8-9H2,1-2H3;1-2H3/b;7-5-;. The molecular weight excluding hydrogens is 300 g/mol. The smallest absolute Gasteiger partial charge is 0.0223 e. The number of halogens is 1. The molecule has 0 aromatic carbocycles. The van der Waals surface area contributed by atoms with Crippen molar-refractivity contribution in [2.24, 2.45) is 0 Å². The van der Waals surface area contributed by atoms with Crippen molar-refractivity contribution in [1.82, 2.24) is 0 Å². The lowest BCUT2D eigenvalue weighted by molar-refractivity contribution is 0.573. The highest BCUT2D eigenvalue weighted by Crippen LogP contribution is 2.09. The molecule has 0 nitrogen and oxygen atoms in total. The van der Waals surface area contributed by atoms with Crippen molar-refractivity contribution in [3.8, 4) is 0 Å². The molecule has 0 spiro atoms. The molecule has 1 heteroatoms. The third-order valence-corrected chi connectivity index (χ3v) is 3.88. The maximum Gasteiger partial charge on any atom is 0.0223 e. The Hall–Kier alpha value is 0.0300. The molecular formula is C22H47Cl. The van der Waals surface area contributed by atoms with Gasteiger partial charge in [0.25, 0.3) is 0 Å². The molecule has 0 rings (SSSR count). The van der Waals surface area contributed by atoms with E-state index in [1.165, 1.54) is 89.9 Å². The first-order chi connectivity index (χ1) is 11.3. The first-order valence-electron chi connectivity index (χ1n) is 10.5. The molecule has 0 saturated carbocycles. The van der Waals surface area contributed by atoms with Gasteiger partial charge in [0, 0.05) is 5.88 Å². The van der Waals surface area contributed by atoms with Gasteiger partial charge in [-0.25, -0.2) is 0 Å². The molecule has 0 fully saturated rings. The Balaban J connectivity index is -0.000000324. The minimum atomic E-state index is 0.843. The SMILES string of the molecule is CC.CC/C=C\CCCCC.CCCCCCCCCCCCl. The summed E-state index contributed by atoms with van der Waals surface area (Å²) >= 11 is 5.58. The fourth-order valence-corrected chi connectivity index (χ4v) is 2.39. The second-order valence-electron chi connectivity index (χ2n) is 5.89. The van der Waals surface area contributed by atoms with Gasteiger partial charge in [0.05, 0.1) is 0 Å². The molecule has 23 heavy (non-hydrogen) atoms. The molecule has 0 N–H and O–H groups in total. The Kier molecular flexibility index (Phi) is 40.7. The van der Waals surface area contributed by atoms with Crippen LogP contribution in [0.1, 0.15) is 125 Å². The van der Waals surface area contributed by atoms with Gasteiger partial charge in [0.2, 0.25) is 0 Å². The van der Waals surface area contributed by atoms with E-state index in [9.17, 15) is 0 Å². The van der Waals surface area contributed by atoms with Gasteiger partial charge in [-0.2, -0.15) is 0 Å². The minimum Gasteiger partial charge on any atom is -0.127 e. The Morgan fingerprint density at radius 2 is 1.00 bits per heavy atom. The monoisotopic (exact) mass is 346 g/mol. The van der Waals surface area contributed by atoms with Crippen LogP contribution in [0.25, 0.3) is 0 Å². The minimum absolute atomic E-state index is 0.843. The topological polar surface area (TPSA) is 0 Å². The quantitative estimate of drug-likeness (QED) is 0.167. The van der Waals surface area contributed by atoms with Gasteiger partial charge in [0.15, 0.2) is 0 Å². The summed E-state index contributed by atoms with van der Waals surface area (Å²) in [5.74, 6) is 0.843. The van der Waals surface area contributed by atoms with Crippen LogP contribution < -0.4 is 0 Å². The Labute approximate surface area is 154 Å². The van der Waals surface area contributed by atoms with Crippen LogP contribution in [0, 0.1) is 0 Å². The fraction of sp³-hybridized carbons (Fsp3) is 0.909. The van der Waals surface area contributed by atoms with Crippen molar-refractivity contribution in [2.75, 3.05) is 5.88 Å². The maximum absolute atomic E-state index is 5.58. The predicted molar refractivity (Wildman–Crippen MR) is 113 cm³/mol. The maximum atomic E-state index is 5.58. The third kappa shape index (κ3) is 39.1. The van der Waals surface area contributed by atoms with E-state index in [-0.39, 0.29) is 0 Å². The highest BCUT2D eigenvalue weighted by Gasteiger charge is 1.90. The average Bonchev–Trinajstić information content (AvgIpc) is 2.60. The molecule has 0 aliphatic rings. The summed E-state index contributed by atoms with van der Waals surface area (Å²) in [4.78, 5) is 0. The highest BCUT2D eigenvalue weighted by atomic mass is 35.5. The number of unbranched alkanes of at least 4 members (excludes halogenated alkanes) is 11. The third-order valence-electron chi connectivity index (χ3n) is 3.61. The zero-order valence-electron chi connectivity index (χ0n) is 17.1. The zero-order chi connectivity index (χ0) is 18.0. The molecule has 0 aliphatic carbocycles. The van der Waals surface area contributed by atoms with Crippen LogP contribution in [0.4, 0.5) is 0 Å². The normalized spacial score (nSPS) is 10.0. The van der Waals surface area contributed by atoms with Crippen LogP contribution in [0.3, 0.4) is 0 Å². The Morgan fingerprint density at radius 3 is 1.43 bits per heavy atom. The first kappa shape index (κ1) is 27.9. The van der Waals surface area contributed by atoms with E-state index in [0.29, 0.717) is 0 Å². The molecule has 142 valence electrons. The molecule has 0 bridgehead atoms. The lowest BCUT2D eigenvalue weighted by atomic mass is 10.1. The summed E-state index contributed by atoms with van der Waals surface area (Å²) in [5.41, 5.74) is 0. The van der Waals surface area contributed by atoms with Gasteiger partial charge in [-0.3, -0.25) is 0 Å². The number of rotatable bonds is 14. The molecule has 0 unspecified atom stereocenters. The van der Waals surface area contributed by atoms with Crippen molar-refractivity contribution in [1.29, 1.82) is 0 Å². The molecule has 0 amide bonds. The molecule has 0 saturated heterocycles. The van der Waals surface area contributed by atoms with E-state index in [4.69, 9.17) is 11.6 Å². The lowest BCUT2D eigenvalue weighted by Gasteiger charge is -1.99. The van der Waals surface area contributed by atoms with Crippen LogP contribution in [0.5, 0.6) is 0 Å². The summed E-state index contributed by atoms with van der Waals surface area (Å²) < 4.78 is 0. The number of allylic oxidation sites excluding steroid dienone is 2. The second-order valence-corrected chi connectivity index (χ2v) is 6.27. The molecule has 0 radical (unpaired) electrons. The summed E-state index contributed by atoms with van der Waals surface area (Å²) in [6.07, 6.45) is 23.5. The van der Waals surface area contributed by atoms with Crippen LogP contribution >= 0.6 is 11.6 Å². The van der Waals surface area contributed by atoms with Crippen molar-refractivity contribution >= 4 is 11.6 Å². The molecule has 0 heterocycles. The van der Waals surface area contributed by atoms with E-state index in [1.807, 2.05) is 13.8 Å². The van der Waals surface area contributed by atoms with Crippen molar-refractivity contribution in [3.05, 3.63) is 12.2 Å². The van der Waals surface area contributed by atoms with Gasteiger partial charge in [-0.1, -0.05) is 111 Å². The summed E-state index contributed by atoms with van der Waals surface area (Å²) in [6.45, 7) is 10.7. The number of alkyl halides is 1. The lowest BCUT2D eigenvalue weighted by Crippen LogP contribution is -1.81. The summed E-state index contributed by atoms with van der Waals surface area (Å²) in [5, 5.41) is 0. The van der Waals surface area contributed by atoms with E-state index in [1.54, 1.807) is 0 Å². The number of hydrogen-bond donors (Lipinski definition) is 0. The van der Waals surface area contributed by atoms with E-state index < -0.39 is 0 Å². The van der Waals surface area contributed by atoms with Gasteiger partial charge >= 0.3 is 0 Å². The Morgan fingerprint density at radius 1 is 0.565 bits per heavy atom. The van der Waals surface area contributed by atoms with Crippen LogP contribution in [-0.2, 0) is 0 Å². The molecule has 0 aromatic heterocycles. The van der Waals surface area contributed by atoms with Gasteiger partial charge in [-0.15, -0.1) is 11.6 Å². The van der Waals surface area contributed by atoms with Crippen molar-refractivity contribution < 1.29 is 0 Å². The molecule has 0 aliphatic heterocycles. The summed E-state index contributed by atoms with van der Waals surface area (Å²) in [7, 11) is 0. The van der Waals surface area contributed by atoms with Crippen LogP contribution in [-0.4, -0.2) is 5.88 Å². The van der Waals surface area contributed by atoms with Gasteiger partial charge in [0.1, 0.15) is 0 Å². The van der Waals surface area contributed by atoms with Gasteiger partial charge < -0.3 is 0 Å². The highest BCUT2D eigenvalue weighted by molar-refractivity contribution is 6.17. The molecule has 0 atom stereocenters. The number of hydrogen-bond acceptors (Lipinski definition) is 0. The van der Waals surface area contributed by atoms with Crippen molar-refractivity contribution in [3.63, 3.8) is 0 Å². The van der Waals surface area contributed by atoms with E-state index in [2.05, 4.69) is 32.9 Å². The van der Waals surface area contributed by atoms with Crippen molar-refractivity contribution in [2.45, 2.75) is 125 Å². The summed E-state index contributed by atoms with van der Waals surface area (Å²) in [6, 6.07) is 0. The van der Waals surface area contributed by atoms with E-state index in [0.717, 1.165) is 5.88 Å². The zero-order valence-corrected chi connectivity index (χ0v) is 17.9. The Bertz CT molecular complexity index is 165. The molecule has 0 aromatic rings. The van der Waals surface area contributed by atoms with Gasteiger partial charge in [-0.05, 0) is 25.7 Å². The van der Waals surface area contributed by atoms with Crippen LogP contribution in [0.15, 0.2) is 12.2 Å².